The summed E-state index contributed by atoms with van der Waals surface area (Å²) in [6, 6.07) is 7.19. The molecule has 23 heavy (non-hydrogen) atoms. The van der Waals surface area contributed by atoms with Crippen LogP contribution in [-0.2, 0) is 9.59 Å². The van der Waals surface area contributed by atoms with E-state index in [2.05, 4.69) is 10.6 Å². The molecule has 124 valence electrons. The van der Waals surface area contributed by atoms with Crippen LogP contribution in [-0.4, -0.2) is 37.3 Å². The van der Waals surface area contributed by atoms with Crippen LogP contribution in [0.1, 0.15) is 42.5 Å². The molecule has 1 aliphatic rings. The van der Waals surface area contributed by atoms with Gasteiger partial charge in [0.25, 0.3) is 0 Å². The highest BCUT2D eigenvalue weighted by Gasteiger charge is 2.23. The summed E-state index contributed by atoms with van der Waals surface area (Å²) >= 11 is 0. The van der Waals surface area contributed by atoms with Gasteiger partial charge in [0.05, 0.1) is 13.7 Å². The highest BCUT2D eigenvalue weighted by atomic mass is 16.5. The van der Waals surface area contributed by atoms with Gasteiger partial charge in [0.2, 0.25) is 11.8 Å². The van der Waals surface area contributed by atoms with Crippen molar-refractivity contribution < 1.29 is 19.1 Å². The predicted octanol–water partition coefficient (Wildman–Crippen LogP) is 1.44. The summed E-state index contributed by atoms with van der Waals surface area (Å²) < 4.78 is 5.04. The zero-order valence-electron chi connectivity index (χ0n) is 13.3. The van der Waals surface area contributed by atoms with E-state index in [0.29, 0.717) is 30.2 Å². The minimum absolute atomic E-state index is 0.00175. The summed E-state index contributed by atoms with van der Waals surface area (Å²) in [4.78, 5) is 35.0. The number of ketones is 1. The first-order valence-electron chi connectivity index (χ1n) is 7.82. The van der Waals surface area contributed by atoms with Crippen LogP contribution in [0.3, 0.4) is 0 Å². The first-order chi connectivity index (χ1) is 11.1. The standard InChI is InChI=1S/C17H22N2O4/c1-23-14-9-5-12(6-10-14)15(20)3-2-4-16(21)18-11-17(22)19-13-7-8-13/h5-6,9-10,13H,2-4,7-8,11H2,1H3,(H,18,21)(H,19,22). The molecule has 1 saturated carbocycles. The number of nitrogens with one attached hydrogen (secondary N) is 2. The maximum Gasteiger partial charge on any atom is 0.239 e. The van der Waals surface area contributed by atoms with Gasteiger partial charge < -0.3 is 15.4 Å². The fraction of sp³-hybridized carbons (Fsp3) is 0.471. The topological polar surface area (TPSA) is 84.5 Å². The summed E-state index contributed by atoms with van der Waals surface area (Å²) in [5.74, 6) is 0.325. The molecule has 0 saturated heterocycles. The van der Waals surface area contributed by atoms with E-state index in [9.17, 15) is 14.4 Å². The van der Waals surface area contributed by atoms with E-state index in [0.717, 1.165) is 12.8 Å². The molecule has 2 rings (SSSR count). The van der Waals surface area contributed by atoms with Gasteiger partial charge in [-0.2, -0.15) is 0 Å². The number of carbonyl (C=O) groups is 3. The summed E-state index contributed by atoms with van der Waals surface area (Å²) in [7, 11) is 1.57. The Balaban J connectivity index is 1.61. The van der Waals surface area contributed by atoms with E-state index in [4.69, 9.17) is 4.74 Å². The monoisotopic (exact) mass is 318 g/mol. The molecule has 0 atom stereocenters. The molecule has 2 amide bonds. The summed E-state index contributed by atoms with van der Waals surface area (Å²) in [6.45, 7) is 0.00175. The van der Waals surface area contributed by atoms with E-state index in [1.807, 2.05) is 0 Å². The molecule has 2 N–H and O–H groups in total. The number of Topliss-reactive ketones (excluding diaryl/α,β-unsaturated/α-hetero) is 1. The number of methoxy groups -OCH3 is 1. The normalized spacial score (nSPS) is 13.3. The molecule has 1 aliphatic carbocycles. The third kappa shape index (κ3) is 6.10. The predicted molar refractivity (Wildman–Crippen MR) is 85.3 cm³/mol. The molecule has 1 aromatic rings. The Bertz CT molecular complexity index is 564. The van der Waals surface area contributed by atoms with Crippen molar-refractivity contribution in [3.8, 4) is 5.75 Å². The van der Waals surface area contributed by atoms with Gasteiger partial charge in [-0.25, -0.2) is 0 Å². The van der Waals surface area contributed by atoms with Crippen LogP contribution < -0.4 is 15.4 Å². The summed E-state index contributed by atoms with van der Waals surface area (Å²) in [5, 5.41) is 5.36. The molecule has 0 unspecified atom stereocenters. The Labute approximate surface area is 135 Å². The van der Waals surface area contributed by atoms with Crippen molar-refractivity contribution in [1.82, 2.24) is 10.6 Å². The number of ether oxygens (including phenoxy) is 1. The lowest BCUT2D eigenvalue weighted by molar-refractivity contribution is -0.126. The van der Waals surface area contributed by atoms with Crippen LogP contribution in [0, 0.1) is 0 Å². The van der Waals surface area contributed by atoms with Gasteiger partial charge in [0.1, 0.15) is 5.75 Å². The zero-order chi connectivity index (χ0) is 16.7. The molecule has 0 radical (unpaired) electrons. The van der Waals surface area contributed by atoms with Crippen molar-refractivity contribution in [2.24, 2.45) is 0 Å². The van der Waals surface area contributed by atoms with Crippen LogP contribution >= 0.6 is 0 Å². The SMILES string of the molecule is COc1ccc(C(=O)CCCC(=O)NCC(=O)NC2CC2)cc1. The molecule has 6 heteroatoms. The first kappa shape index (κ1) is 17.0. The maximum atomic E-state index is 12.0. The summed E-state index contributed by atoms with van der Waals surface area (Å²) in [5.41, 5.74) is 0.606. The Morgan fingerprint density at radius 1 is 1.09 bits per heavy atom. The molecule has 0 aliphatic heterocycles. The van der Waals surface area contributed by atoms with Crippen LogP contribution in [0.15, 0.2) is 24.3 Å². The van der Waals surface area contributed by atoms with Gasteiger partial charge in [-0.05, 0) is 43.5 Å². The van der Waals surface area contributed by atoms with E-state index in [-0.39, 0.29) is 30.6 Å². The van der Waals surface area contributed by atoms with E-state index < -0.39 is 0 Å². The Kier molecular flexibility index (Phi) is 6.14. The van der Waals surface area contributed by atoms with Gasteiger partial charge >= 0.3 is 0 Å². The second-order valence-corrected chi connectivity index (χ2v) is 5.62. The number of benzene rings is 1. The van der Waals surface area contributed by atoms with Gasteiger partial charge in [-0.1, -0.05) is 0 Å². The lowest BCUT2D eigenvalue weighted by Gasteiger charge is -2.06. The second-order valence-electron chi connectivity index (χ2n) is 5.62. The van der Waals surface area contributed by atoms with Gasteiger partial charge in [-0.15, -0.1) is 0 Å². The maximum absolute atomic E-state index is 12.0. The minimum atomic E-state index is -0.210. The van der Waals surface area contributed by atoms with E-state index in [1.165, 1.54) is 0 Å². The lowest BCUT2D eigenvalue weighted by atomic mass is 10.1. The van der Waals surface area contributed by atoms with Crippen molar-refractivity contribution in [3.63, 3.8) is 0 Å². The molecule has 0 heterocycles. The van der Waals surface area contributed by atoms with Crippen LogP contribution in [0.4, 0.5) is 0 Å². The average molecular weight is 318 g/mol. The smallest absolute Gasteiger partial charge is 0.239 e. The fourth-order valence-electron chi connectivity index (χ4n) is 2.10. The summed E-state index contributed by atoms with van der Waals surface area (Å²) in [6.07, 6.45) is 3.04. The first-order valence-corrected chi connectivity index (χ1v) is 7.82. The Morgan fingerprint density at radius 3 is 2.39 bits per heavy atom. The quantitative estimate of drug-likeness (QED) is 0.675. The number of carbonyl (C=O) groups excluding carboxylic acids is 3. The van der Waals surface area contributed by atoms with Crippen LogP contribution in [0.2, 0.25) is 0 Å². The third-order valence-electron chi connectivity index (χ3n) is 3.61. The zero-order valence-corrected chi connectivity index (χ0v) is 13.3. The highest BCUT2D eigenvalue weighted by molar-refractivity contribution is 5.96. The van der Waals surface area contributed by atoms with Crippen molar-refractivity contribution in [2.75, 3.05) is 13.7 Å². The van der Waals surface area contributed by atoms with Gasteiger partial charge in [-0.3, -0.25) is 14.4 Å². The number of hydrogen-bond donors (Lipinski definition) is 2. The Hall–Kier alpha value is -2.37. The third-order valence-corrected chi connectivity index (χ3v) is 3.61. The molecular weight excluding hydrogens is 296 g/mol. The van der Waals surface area contributed by atoms with Crippen LogP contribution in [0.25, 0.3) is 0 Å². The van der Waals surface area contributed by atoms with Crippen molar-refractivity contribution >= 4 is 17.6 Å². The molecule has 0 aromatic heterocycles. The molecule has 1 fully saturated rings. The highest BCUT2D eigenvalue weighted by Crippen LogP contribution is 2.18. The molecule has 0 bridgehead atoms. The van der Waals surface area contributed by atoms with E-state index in [1.54, 1.807) is 31.4 Å². The van der Waals surface area contributed by atoms with Gasteiger partial charge in [0, 0.05) is 24.4 Å². The Morgan fingerprint density at radius 2 is 1.78 bits per heavy atom. The average Bonchev–Trinajstić information content (AvgIpc) is 3.37. The van der Waals surface area contributed by atoms with Crippen molar-refractivity contribution in [2.45, 2.75) is 38.1 Å². The molecule has 0 spiro atoms. The fourth-order valence-corrected chi connectivity index (χ4v) is 2.10. The molecule has 6 nitrogen and oxygen atoms in total. The second kappa shape index (κ2) is 8.31. The number of amides is 2. The largest absolute Gasteiger partial charge is 0.497 e. The van der Waals surface area contributed by atoms with Crippen LogP contribution in [0.5, 0.6) is 5.75 Å². The molecule has 1 aromatic carbocycles. The van der Waals surface area contributed by atoms with Crippen molar-refractivity contribution in [1.29, 1.82) is 0 Å². The number of hydrogen-bond acceptors (Lipinski definition) is 4. The van der Waals surface area contributed by atoms with E-state index >= 15 is 0 Å². The van der Waals surface area contributed by atoms with Gasteiger partial charge in [0.15, 0.2) is 5.78 Å². The minimum Gasteiger partial charge on any atom is -0.497 e. The lowest BCUT2D eigenvalue weighted by Crippen LogP contribution is -2.37. The number of rotatable bonds is 9. The molecular formula is C17H22N2O4. The van der Waals surface area contributed by atoms with Crippen molar-refractivity contribution in [3.05, 3.63) is 29.8 Å².